The van der Waals surface area contributed by atoms with E-state index in [-0.39, 0.29) is 5.92 Å². The Kier molecular flexibility index (Phi) is 3.57. The third-order valence-electron chi connectivity index (χ3n) is 5.01. The Morgan fingerprint density at radius 2 is 1.15 bits per heavy atom. The average molecular weight is 334 g/mol. The molecule has 1 atom stereocenters. The fourth-order valence-corrected chi connectivity index (χ4v) is 3.77. The van der Waals surface area contributed by atoms with Gasteiger partial charge in [0.2, 0.25) is 0 Å². The van der Waals surface area contributed by atoms with Gasteiger partial charge in [-0.05, 0) is 28.8 Å². The first kappa shape index (κ1) is 15.0. The van der Waals surface area contributed by atoms with Gasteiger partial charge in [0.25, 0.3) is 0 Å². The van der Waals surface area contributed by atoms with E-state index in [0.29, 0.717) is 0 Å². The number of hydrogen-bond donors (Lipinski definition) is 0. The summed E-state index contributed by atoms with van der Waals surface area (Å²) in [6.07, 6.45) is 0. The zero-order chi connectivity index (χ0) is 17.3. The first-order valence-corrected chi connectivity index (χ1v) is 8.91. The third-order valence-corrected chi connectivity index (χ3v) is 5.01. The second kappa shape index (κ2) is 6.20. The van der Waals surface area contributed by atoms with Crippen LogP contribution in [0.5, 0.6) is 11.5 Å². The van der Waals surface area contributed by atoms with Crippen LogP contribution in [0.4, 0.5) is 0 Å². The van der Waals surface area contributed by atoms with Gasteiger partial charge in [0.15, 0.2) is 0 Å². The van der Waals surface area contributed by atoms with E-state index in [2.05, 4.69) is 91.0 Å². The Balaban J connectivity index is 1.69. The van der Waals surface area contributed by atoms with Gasteiger partial charge in [0.1, 0.15) is 11.5 Å². The van der Waals surface area contributed by atoms with Gasteiger partial charge in [-0.15, -0.1) is 0 Å². The summed E-state index contributed by atoms with van der Waals surface area (Å²) < 4.78 is 6.29. The molecule has 0 aromatic heterocycles. The lowest BCUT2D eigenvalue weighted by Crippen LogP contribution is -2.11. The summed E-state index contributed by atoms with van der Waals surface area (Å²) in [5.74, 6) is 2.08. The molecule has 1 aliphatic rings. The van der Waals surface area contributed by atoms with Crippen molar-refractivity contribution in [2.45, 2.75) is 5.92 Å². The van der Waals surface area contributed by atoms with Crippen LogP contribution < -0.4 is 4.74 Å². The molecule has 0 saturated carbocycles. The van der Waals surface area contributed by atoms with Gasteiger partial charge >= 0.3 is 0 Å². The normalized spacial score (nSPS) is 14.8. The molecule has 0 aliphatic carbocycles. The topological polar surface area (TPSA) is 9.23 Å². The quantitative estimate of drug-likeness (QED) is 0.351. The predicted molar refractivity (Wildman–Crippen MR) is 106 cm³/mol. The molecule has 5 rings (SSSR count). The smallest absolute Gasteiger partial charge is 0.132 e. The van der Waals surface area contributed by atoms with Crippen LogP contribution in [0, 0.1) is 0 Å². The van der Waals surface area contributed by atoms with Crippen LogP contribution in [0.15, 0.2) is 103 Å². The molecule has 0 N–H and O–H groups in total. The molecule has 1 heterocycles. The molecule has 26 heavy (non-hydrogen) atoms. The molecule has 1 heteroatoms. The van der Waals surface area contributed by atoms with Gasteiger partial charge in [-0.3, -0.25) is 0 Å². The van der Waals surface area contributed by atoms with E-state index in [9.17, 15) is 0 Å². The lowest BCUT2D eigenvalue weighted by molar-refractivity contribution is 0.453. The summed E-state index contributed by atoms with van der Waals surface area (Å²) >= 11 is 0. The molecular formula is C25H18O. The van der Waals surface area contributed by atoms with Gasteiger partial charge < -0.3 is 4.74 Å². The number of benzene rings is 4. The van der Waals surface area contributed by atoms with Crippen LogP contribution >= 0.6 is 0 Å². The number of fused-ring (bicyclic) bond motifs is 2. The highest BCUT2D eigenvalue weighted by Gasteiger charge is 2.28. The number of hydrogen-bond acceptors (Lipinski definition) is 1. The maximum Gasteiger partial charge on any atom is 0.132 e. The van der Waals surface area contributed by atoms with Crippen molar-refractivity contribution in [2.24, 2.45) is 0 Å². The monoisotopic (exact) mass is 334 g/mol. The predicted octanol–water partition coefficient (Wildman–Crippen LogP) is 6.64. The molecule has 4 aromatic rings. The highest BCUT2D eigenvalue weighted by Crippen LogP contribution is 2.48. The minimum atomic E-state index is 0.195. The van der Waals surface area contributed by atoms with Crippen molar-refractivity contribution in [3.63, 3.8) is 0 Å². The largest absolute Gasteiger partial charge is 0.457 e. The summed E-state index contributed by atoms with van der Waals surface area (Å²) in [5, 5.41) is 0. The van der Waals surface area contributed by atoms with Crippen LogP contribution in [0.25, 0.3) is 11.1 Å². The van der Waals surface area contributed by atoms with Crippen molar-refractivity contribution in [1.29, 1.82) is 0 Å². The van der Waals surface area contributed by atoms with Gasteiger partial charge in [0.05, 0.1) is 0 Å². The Morgan fingerprint density at radius 3 is 1.96 bits per heavy atom. The van der Waals surface area contributed by atoms with Crippen molar-refractivity contribution in [3.05, 3.63) is 120 Å². The van der Waals surface area contributed by atoms with Gasteiger partial charge in [-0.2, -0.15) is 0 Å². The number of rotatable bonds is 2. The van der Waals surface area contributed by atoms with Crippen LogP contribution in [-0.2, 0) is 0 Å². The highest BCUT2D eigenvalue weighted by atomic mass is 16.5. The Hall–Kier alpha value is -3.32. The van der Waals surface area contributed by atoms with E-state index in [1.165, 1.54) is 27.8 Å². The number of ether oxygens (including phenoxy) is 1. The Bertz CT molecular complexity index is 1050. The molecule has 0 radical (unpaired) electrons. The maximum absolute atomic E-state index is 6.29. The summed E-state index contributed by atoms with van der Waals surface area (Å²) in [6.45, 7) is 0. The molecule has 4 aromatic carbocycles. The highest BCUT2D eigenvalue weighted by molar-refractivity contribution is 5.69. The molecule has 124 valence electrons. The van der Waals surface area contributed by atoms with E-state index in [1.54, 1.807) is 0 Å². The zero-order valence-corrected chi connectivity index (χ0v) is 14.3. The molecule has 0 spiro atoms. The van der Waals surface area contributed by atoms with Gasteiger partial charge in [0, 0.05) is 17.0 Å². The lowest BCUT2D eigenvalue weighted by Gasteiger charge is -2.29. The standard InChI is InChI=1S/C25H18O/c1-3-9-18(10-4-1)20-15-16-22-24(17-20)26-23-14-8-7-13-21(23)25(22)19-11-5-2-6-12-19/h1-17,25H. The van der Waals surface area contributed by atoms with Crippen molar-refractivity contribution >= 4 is 0 Å². The van der Waals surface area contributed by atoms with Crippen LogP contribution in [0.2, 0.25) is 0 Å². The molecule has 1 aliphatic heterocycles. The van der Waals surface area contributed by atoms with E-state index in [0.717, 1.165) is 11.5 Å². The first-order valence-electron chi connectivity index (χ1n) is 8.91. The molecule has 1 unspecified atom stereocenters. The van der Waals surface area contributed by atoms with Crippen LogP contribution in [-0.4, -0.2) is 0 Å². The zero-order valence-electron chi connectivity index (χ0n) is 14.3. The van der Waals surface area contributed by atoms with Gasteiger partial charge in [-0.25, -0.2) is 0 Å². The minimum absolute atomic E-state index is 0.195. The van der Waals surface area contributed by atoms with Crippen molar-refractivity contribution in [1.82, 2.24) is 0 Å². The fraction of sp³-hybridized carbons (Fsp3) is 0.0400. The molecule has 0 amide bonds. The molecule has 0 saturated heterocycles. The minimum Gasteiger partial charge on any atom is -0.457 e. The summed E-state index contributed by atoms with van der Waals surface area (Å²) in [5.41, 5.74) is 6.11. The lowest BCUT2D eigenvalue weighted by atomic mass is 9.82. The molecular weight excluding hydrogens is 316 g/mol. The summed E-state index contributed by atoms with van der Waals surface area (Å²) in [4.78, 5) is 0. The number of para-hydroxylation sites is 1. The maximum atomic E-state index is 6.29. The van der Waals surface area contributed by atoms with Crippen molar-refractivity contribution in [2.75, 3.05) is 0 Å². The Labute approximate surface area is 153 Å². The van der Waals surface area contributed by atoms with Crippen molar-refractivity contribution < 1.29 is 4.74 Å². The molecule has 0 fully saturated rings. The van der Waals surface area contributed by atoms with Crippen LogP contribution in [0.3, 0.4) is 0 Å². The van der Waals surface area contributed by atoms with Crippen molar-refractivity contribution in [3.8, 4) is 22.6 Å². The van der Waals surface area contributed by atoms with E-state index in [4.69, 9.17) is 4.74 Å². The summed E-state index contributed by atoms with van der Waals surface area (Å²) in [7, 11) is 0. The van der Waals surface area contributed by atoms with E-state index >= 15 is 0 Å². The second-order valence-electron chi connectivity index (χ2n) is 6.60. The van der Waals surface area contributed by atoms with Gasteiger partial charge in [-0.1, -0.05) is 91.0 Å². The summed E-state index contributed by atoms with van der Waals surface area (Å²) in [6, 6.07) is 36.0. The molecule has 0 bridgehead atoms. The third kappa shape index (κ3) is 2.49. The SMILES string of the molecule is c1ccc(-c2ccc3c(c2)Oc2ccccc2C3c2ccccc2)cc1. The van der Waals surface area contributed by atoms with Crippen LogP contribution in [0.1, 0.15) is 22.6 Å². The molecule has 1 nitrogen and oxygen atoms in total. The Morgan fingerprint density at radius 1 is 0.500 bits per heavy atom. The average Bonchev–Trinajstić information content (AvgIpc) is 2.73. The second-order valence-corrected chi connectivity index (χ2v) is 6.60. The fourth-order valence-electron chi connectivity index (χ4n) is 3.77. The van der Waals surface area contributed by atoms with E-state index < -0.39 is 0 Å². The van der Waals surface area contributed by atoms with E-state index in [1.807, 2.05) is 12.1 Å². The first-order chi connectivity index (χ1) is 12.9.